The van der Waals surface area contributed by atoms with Crippen LogP contribution in [0.2, 0.25) is 0 Å². The number of rotatable bonds is 6. The second-order valence-corrected chi connectivity index (χ2v) is 7.56. The number of para-hydroxylation sites is 2. The Kier molecular flexibility index (Phi) is 5.44. The van der Waals surface area contributed by atoms with Crippen LogP contribution < -0.4 is 4.74 Å². The Morgan fingerprint density at radius 2 is 1.82 bits per heavy atom. The lowest BCUT2D eigenvalue weighted by Gasteiger charge is -2.09. The number of ether oxygens (including phenoxy) is 1. The molecule has 5 heteroatoms. The summed E-state index contributed by atoms with van der Waals surface area (Å²) >= 11 is 1.70. The number of fused-ring (bicyclic) bond motifs is 1. The Bertz CT molecular complexity index is 1130. The van der Waals surface area contributed by atoms with Crippen molar-refractivity contribution < 1.29 is 4.74 Å². The van der Waals surface area contributed by atoms with Gasteiger partial charge in [0.2, 0.25) is 5.88 Å². The molecular formula is C23H21N3OS. The molecule has 0 saturated carbocycles. The van der Waals surface area contributed by atoms with Crippen LogP contribution in [0.1, 0.15) is 22.7 Å². The number of aromatic nitrogens is 3. The van der Waals surface area contributed by atoms with Crippen LogP contribution in [-0.4, -0.2) is 22.1 Å². The van der Waals surface area contributed by atoms with Gasteiger partial charge in [-0.1, -0.05) is 42.5 Å². The lowest BCUT2D eigenvalue weighted by atomic mass is 10.1. The maximum absolute atomic E-state index is 5.50. The van der Waals surface area contributed by atoms with E-state index in [1.165, 1.54) is 0 Å². The normalized spacial score (nSPS) is 11.4. The topological polar surface area (TPSA) is 47.9 Å². The highest BCUT2D eigenvalue weighted by molar-refractivity contribution is 7.09. The molecule has 0 amide bonds. The standard InChI is InChI=1S/C23H21N3OS/c1-16-24-19(15-28-16)11-4-3-8-17-9-7-10-18(14-17)22-23(27-2)26-21-13-6-5-12-20(21)25-22/h3,5-10,12-15H,4,11H2,1-2H3/b8-3+. The molecule has 4 rings (SSSR count). The number of nitrogens with zero attached hydrogens (tertiary/aromatic N) is 3. The van der Waals surface area contributed by atoms with Gasteiger partial charge in [0.1, 0.15) is 5.69 Å². The van der Waals surface area contributed by atoms with Crippen LogP contribution in [0.3, 0.4) is 0 Å². The van der Waals surface area contributed by atoms with E-state index in [4.69, 9.17) is 9.72 Å². The molecule has 2 aromatic heterocycles. The molecule has 0 bridgehead atoms. The molecule has 0 aliphatic heterocycles. The van der Waals surface area contributed by atoms with Gasteiger partial charge >= 0.3 is 0 Å². The molecule has 0 aliphatic carbocycles. The molecule has 28 heavy (non-hydrogen) atoms. The molecule has 4 nitrogen and oxygen atoms in total. The number of allylic oxidation sites excluding steroid dienone is 1. The van der Waals surface area contributed by atoms with Crippen LogP contribution in [0.15, 0.2) is 60.0 Å². The summed E-state index contributed by atoms with van der Waals surface area (Å²) in [5, 5.41) is 3.26. The van der Waals surface area contributed by atoms with Crippen molar-refractivity contribution in [1.29, 1.82) is 0 Å². The van der Waals surface area contributed by atoms with Crippen molar-refractivity contribution in [3.05, 3.63) is 76.3 Å². The molecule has 0 spiro atoms. The molecule has 0 atom stereocenters. The summed E-state index contributed by atoms with van der Waals surface area (Å²) in [7, 11) is 1.63. The lowest BCUT2D eigenvalue weighted by Crippen LogP contribution is -1.96. The van der Waals surface area contributed by atoms with Gasteiger partial charge in [-0.25, -0.2) is 15.0 Å². The average Bonchev–Trinajstić information content (AvgIpc) is 3.15. The lowest BCUT2D eigenvalue weighted by molar-refractivity contribution is 0.400. The molecular weight excluding hydrogens is 366 g/mol. The molecule has 0 saturated heterocycles. The molecule has 0 N–H and O–H groups in total. The van der Waals surface area contributed by atoms with E-state index in [1.807, 2.05) is 43.3 Å². The van der Waals surface area contributed by atoms with Gasteiger partial charge < -0.3 is 4.74 Å². The van der Waals surface area contributed by atoms with Gasteiger partial charge in [0.25, 0.3) is 0 Å². The van der Waals surface area contributed by atoms with E-state index in [-0.39, 0.29) is 0 Å². The highest BCUT2D eigenvalue weighted by atomic mass is 32.1. The number of thiazole rings is 1. The number of aryl methyl sites for hydroxylation is 2. The summed E-state index contributed by atoms with van der Waals surface area (Å²) in [6.07, 6.45) is 6.26. The third-order valence-corrected chi connectivity index (χ3v) is 5.26. The summed E-state index contributed by atoms with van der Waals surface area (Å²) < 4.78 is 5.50. The van der Waals surface area contributed by atoms with E-state index in [0.717, 1.165) is 51.4 Å². The molecule has 0 aliphatic rings. The van der Waals surface area contributed by atoms with Crippen molar-refractivity contribution in [2.24, 2.45) is 0 Å². The van der Waals surface area contributed by atoms with Crippen LogP contribution in [-0.2, 0) is 6.42 Å². The van der Waals surface area contributed by atoms with Crippen molar-refractivity contribution in [1.82, 2.24) is 15.0 Å². The van der Waals surface area contributed by atoms with E-state index >= 15 is 0 Å². The molecule has 0 radical (unpaired) electrons. The van der Waals surface area contributed by atoms with Gasteiger partial charge in [-0.15, -0.1) is 11.3 Å². The largest absolute Gasteiger partial charge is 0.479 e. The molecule has 2 heterocycles. The van der Waals surface area contributed by atoms with Gasteiger partial charge in [0.05, 0.1) is 28.8 Å². The fourth-order valence-electron chi connectivity index (χ4n) is 3.08. The fraction of sp³-hybridized carbons (Fsp3) is 0.174. The molecule has 0 unspecified atom stereocenters. The zero-order valence-corrected chi connectivity index (χ0v) is 16.7. The van der Waals surface area contributed by atoms with Gasteiger partial charge in [-0.05, 0) is 43.5 Å². The third kappa shape index (κ3) is 4.10. The van der Waals surface area contributed by atoms with E-state index in [0.29, 0.717) is 5.88 Å². The minimum absolute atomic E-state index is 0.540. The average molecular weight is 388 g/mol. The third-order valence-electron chi connectivity index (χ3n) is 4.44. The summed E-state index contributed by atoms with van der Waals surface area (Å²) in [6.45, 7) is 2.04. The van der Waals surface area contributed by atoms with E-state index < -0.39 is 0 Å². The van der Waals surface area contributed by atoms with Gasteiger partial charge in [-0.3, -0.25) is 0 Å². The second-order valence-electron chi connectivity index (χ2n) is 6.49. The molecule has 4 aromatic rings. The van der Waals surface area contributed by atoms with Gasteiger partial charge in [-0.2, -0.15) is 0 Å². The first kappa shape index (κ1) is 18.3. The van der Waals surface area contributed by atoms with Crippen molar-refractivity contribution in [2.45, 2.75) is 19.8 Å². The molecule has 0 fully saturated rings. The molecule has 2 aromatic carbocycles. The van der Waals surface area contributed by atoms with Crippen LogP contribution in [0.4, 0.5) is 0 Å². The quantitative estimate of drug-likeness (QED) is 0.425. The maximum atomic E-state index is 5.50. The fourth-order valence-corrected chi connectivity index (χ4v) is 3.72. The number of methoxy groups -OCH3 is 1. The highest BCUT2D eigenvalue weighted by Crippen LogP contribution is 2.29. The van der Waals surface area contributed by atoms with E-state index in [2.05, 4.69) is 39.6 Å². The van der Waals surface area contributed by atoms with Crippen LogP contribution in [0.5, 0.6) is 5.88 Å². The van der Waals surface area contributed by atoms with Crippen molar-refractivity contribution in [2.75, 3.05) is 7.11 Å². The van der Waals surface area contributed by atoms with Gasteiger partial charge in [0.15, 0.2) is 0 Å². The summed E-state index contributed by atoms with van der Waals surface area (Å²) in [5.74, 6) is 0.540. The van der Waals surface area contributed by atoms with E-state index in [1.54, 1.807) is 18.4 Å². The van der Waals surface area contributed by atoms with Crippen LogP contribution in [0.25, 0.3) is 28.4 Å². The van der Waals surface area contributed by atoms with Crippen LogP contribution >= 0.6 is 11.3 Å². The summed E-state index contributed by atoms with van der Waals surface area (Å²) in [6, 6.07) is 16.1. The smallest absolute Gasteiger partial charge is 0.240 e. The van der Waals surface area contributed by atoms with Crippen molar-refractivity contribution in [3.63, 3.8) is 0 Å². The Hall–Kier alpha value is -3.05. The van der Waals surface area contributed by atoms with E-state index in [9.17, 15) is 0 Å². The summed E-state index contributed by atoms with van der Waals surface area (Å²) in [5.41, 5.74) is 5.73. The highest BCUT2D eigenvalue weighted by Gasteiger charge is 2.11. The zero-order chi connectivity index (χ0) is 19.3. The number of benzene rings is 2. The van der Waals surface area contributed by atoms with Gasteiger partial charge in [0, 0.05) is 10.9 Å². The minimum atomic E-state index is 0.540. The Morgan fingerprint density at radius 3 is 2.57 bits per heavy atom. The van der Waals surface area contributed by atoms with Crippen molar-refractivity contribution >= 4 is 28.4 Å². The predicted molar refractivity (Wildman–Crippen MR) is 116 cm³/mol. The Labute approximate surface area is 168 Å². The molecule has 140 valence electrons. The Balaban J connectivity index is 1.56. The first-order valence-electron chi connectivity index (χ1n) is 9.22. The Morgan fingerprint density at radius 1 is 1.00 bits per heavy atom. The summed E-state index contributed by atoms with van der Waals surface area (Å²) in [4.78, 5) is 13.9. The predicted octanol–water partition coefficient (Wildman–Crippen LogP) is 5.72. The number of hydrogen-bond donors (Lipinski definition) is 0. The minimum Gasteiger partial charge on any atom is -0.479 e. The van der Waals surface area contributed by atoms with Crippen LogP contribution in [0, 0.1) is 6.92 Å². The second kappa shape index (κ2) is 8.31. The van der Waals surface area contributed by atoms with Crippen molar-refractivity contribution in [3.8, 4) is 17.1 Å². The SMILES string of the molecule is COc1nc2ccccc2nc1-c1cccc(/C=C/CCc2csc(C)n2)c1. The maximum Gasteiger partial charge on any atom is 0.240 e. The number of hydrogen-bond acceptors (Lipinski definition) is 5. The monoisotopic (exact) mass is 387 g/mol. The zero-order valence-electron chi connectivity index (χ0n) is 15.9. The first-order chi connectivity index (χ1) is 13.7. The first-order valence-corrected chi connectivity index (χ1v) is 10.1.